The Balaban J connectivity index is 1.85. The number of carbonyl (C=O) groups excluding carboxylic acids is 1. The molecule has 7 nitrogen and oxygen atoms in total. The molecule has 0 atom stereocenters. The molecule has 1 heterocycles. The molecule has 1 fully saturated rings. The standard InChI is InChI=1S/C21H24N4O3/c1-27-18-9-8-14(11-19(18)28-2)20-16(13-23-25-20)10-15(12-22)21(26)24-17-6-4-3-5-7-17/h8-11,13,17H,3-7H2,1-2H3,(H,23,25)(H,24,26)/b15-10-. The molecule has 7 heteroatoms. The van der Waals surface area contributed by atoms with Gasteiger partial charge in [-0.25, -0.2) is 0 Å². The summed E-state index contributed by atoms with van der Waals surface area (Å²) in [4.78, 5) is 12.5. The van der Waals surface area contributed by atoms with E-state index in [9.17, 15) is 10.1 Å². The third-order valence-electron chi connectivity index (χ3n) is 4.95. The molecule has 146 valence electrons. The topological polar surface area (TPSA) is 100 Å². The number of methoxy groups -OCH3 is 2. The van der Waals surface area contributed by atoms with Crippen molar-refractivity contribution in [2.45, 2.75) is 38.1 Å². The number of H-pyrrole nitrogens is 1. The molecule has 2 aromatic rings. The summed E-state index contributed by atoms with van der Waals surface area (Å²) in [6, 6.07) is 7.63. The largest absolute Gasteiger partial charge is 0.493 e. The maximum atomic E-state index is 12.5. The third kappa shape index (κ3) is 4.34. The number of hydrogen-bond acceptors (Lipinski definition) is 5. The number of rotatable bonds is 6. The minimum absolute atomic E-state index is 0.0636. The summed E-state index contributed by atoms with van der Waals surface area (Å²) in [5.41, 5.74) is 2.22. The van der Waals surface area contributed by atoms with Crippen molar-refractivity contribution in [3.05, 3.63) is 35.5 Å². The number of carbonyl (C=O) groups is 1. The number of nitrogens with one attached hydrogen (secondary N) is 2. The Labute approximate surface area is 164 Å². The number of aromatic nitrogens is 2. The highest BCUT2D eigenvalue weighted by Crippen LogP contribution is 2.33. The lowest BCUT2D eigenvalue weighted by atomic mass is 9.95. The van der Waals surface area contributed by atoms with Gasteiger partial charge >= 0.3 is 0 Å². The number of aromatic amines is 1. The molecule has 28 heavy (non-hydrogen) atoms. The third-order valence-corrected chi connectivity index (χ3v) is 4.95. The molecule has 0 unspecified atom stereocenters. The molecule has 0 saturated heterocycles. The van der Waals surface area contributed by atoms with Gasteiger partial charge in [0.15, 0.2) is 11.5 Å². The van der Waals surface area contributed by atoms with Crippen molar-refractivity contribution in [1.29, 1.82) is 5.26 Å². The van der Waals surface area contributed by atoms with Gasteiger partial charge in [-0.05, 0) is 37.1 Å². The highest BCUT2D eigenvalue weighted by molar-refractivity contribution is 6.02. The van der Waals surface area contributed by atoms with Crippen LogP contribution in [0.3, 0.4) is 0 Å². The van der Waals surface area contributed by atoms with Crippen LogP contribution in [0.25, 0.3) is 17.3 Å². The maximum Gasteiger partial charge on any atom is 0.262 e. The fourth-order valence-corrected chi connectivity index (χ4v) is 3.44. The average molecular weight is 380 g/mol. The Kier molecular flexibility index (Phi) is 6.33. The van der Waals surface area contributed by atoms with Crippen LogP contribution in [-0.4, -0.2) is 36.4 Å². The lowest BCUT2D eigenvalue weighted by molar-refractivity contribution is -0.117. The molecular formula is C21H24N4O3. The van der Waals surface area contributed by atoms with E-state index in [4.69, 9.17) is 9.47 Å². The first kappa shape index (κ1) is 19.5. The van der Waals surface area contributed by atoms with Gasteiger partial charge in [-0.15, -0.1) is 0 Å². The molecule has 2 N–H and O–H groups in total. The summed E-state index contributed by atoms with van der Waals surface area (Å²) in [6.07, 6.45) is 8.52. The normalized spacial score (nSPS) is 15.0. The molecule has 1 aromatic carbocycles. The molecule has 1 aliphatic carbocycles. The average Bonchev–Trinajstić information content (AvgIpc) is 3.20. The van der Waals surface area contributed by atoms with Crippen molar-refractivity contribution in [1.82, 2.24) is 15.5 Å². The van der Waals surface area contributed by atoms with E-state index < -0.39 is 0 Å². The summed E-state index contributed by atoms with van der Waals surface area (Å²) in [6.45, 7) is 0. The number of benzene rings is 1. The van der Waals surface area contributed by atoms with E-state index in [1.54, 1.807) is 32.6 Å². The van der Waals surface area contributed by atoms with Crippen molar-refractivity contribution in [2.75, 3.05) is 14.2 Å². The molecule has 0 spiro atoms. The van der Waals surface area contributed by atoms with E-state index in [1.165, 1.54) is 6.42 Å². The number of amides is 1. The monoisotopic (exact) mass is 380 g/mol. The van der Waals surface area contributed by atoms with Gasteiger partial charge in [0, 0.05) is 17.2 Å². The van der Waals surface area contributed by atoms with Gasteiger partial charge in [0.05, 0.1) is 26.1 Å². The number of nitriles is 1. The van der Waals surface area contributed by atoms with Crippen LogP contribution in [0.2, 0.25) is 0 Å². The SMILES string of the molecule is COc1ccc(-c2[nH]ncc2/C=C(/C#N)C(=O)NC2CCCCC2)cc1OC. The van der Waals surface area contributed by atoms with E-state index in [2.05, 4.69) is 15.5 Å². The first-order valence-corrected chi connectivity index (χ1v) is 9.34. The maximum absolute atomic E-state index is 12.5. The Morgan fingerprint density at radius 1 is 1.25 bits per heavy atom. The van der Waals surface area contributed by atoms with Crippen molar-refractivity contribution >= 4 is 12.0 Å². The zero-order valence-electron chi connectivity index (χ0n) is 16.1. The second-order valence-electron chi connectivity index (χ2n) is 6.75. The molecule has 3 rings (SSSR count). The molecule has 1 aliphatic rings. The van der Waals surface area contributed by atoms with Crippen LogP contribution in [0.4, 0.5) is 0 Å². The first-order chi connectivity index (χ1) is 13.7. The van der Waals surface area contributed by atoms with Crippen molar-refractivity contribution in [3.63, 3.8) is 0 Å². The van der Waals surface area contributed by atoms with E-state index in [-0.39, 0.29) is 17.5 Å². The van der Waals surface area contributed by atoms with Gasteiger partial charge in [-0.3, -0.25) is 9.89 Å². The molecule has 0 aliphatic heterocycles. The molecule has 1 aromatic heterocycles. The van der Waals surface area contributed by atoms with Crippen LogP contribution in [0.1, 0.15) is 37.7 Å². The lowest BCUT2D eigenvalue weighted by Crippen LogP contribution is -2.36. The van der Waals surface area contributed by atoms with Gasteiger partial charge in [0.25, 0.3) is 5.91 Å². The van der Waals surface area contributed by atoms with Crippen LogP contribution in [0.15, 0.2) is 30.0 Å². The summed E-state index contributed by atoms with van der Waals surface area (Å²) >= 11 is 0. The summed E-state index contributed by atoms with van der Waals surface area (Å²) in [5, 5.41) is 19.5. The van der Waals surface area contributed by atoms with Gasteiger partial charge in [0.2, 0.25) is 0 Å². The summed E-state index contributed by atoms with van der Waals surface area (Å²) in [7, 11) is 3.14. The zero-order chi connectivity index (χ0) is 19.9. The smallest absolute Gasteiger partial charge is 0.262 e. The number of nitrogens with zero attached hydrogens (tertiary/aromatic N) is 2. The van der Waals surface area contributed by atoms with Gasteiger partial charge in [0.1, 0.15) is 11.6 Å². The van der Waals surface area contributed by atoms with Gasteiger partial charge in [-0.1, -0.05) is 19.3 Å². The van der Waals surface area contributed by atoms with E-state index in [1.807, 2.05) is 18.2 Å². The zero-order valence-corrected chi connectivity index (χ0v) is 16.1. The number of ether oxygens (including phenoxy) is 2. The minimum atomic E-state index is -0.339. The van der Waals surface area contributed by atoms with Crippen LogP contribution < -0.4 is 14.8 Å². The Morgan fingerprint density at radius 2 is 2.00 bits per heavy atom. The van der Waals surface area contributed by atoms with E-state index in [0.717, 1.165) is 31.2 Å². The molecule has 1 amide bonds. The van der Waals surface area contributed by atoms with Crippen LogP contribution >= 0.6 is 0 Å². The summed E-state index contributed by atoms with van der Waals surface area (Å²) in [5.74, 6) is 0.862. The van der Waals surface area contributed by atoms with Gasteiger partial charge < -0.3 is 14.8 Å². The molecule has 0 bridgehead atoms. The van der Waals surface area contributed by atoms with E-state index in [0.29, 0.717) is 22.8 Å². The Morgan fingerprint density at radius 3 is 2.68 bits per heavy atom. The van der Waals surface area contributed by atoms with Crippen molar-refractivity contribution in [3.8, 4) is 28.8 Å². The van der Waals surface area contributed by atoms with Crippen molar-refractivity contribution < 1.29 is 14.3 Å². The molecule has 1 saturated carbocycles. The highest BCUT2D eigenvalue weighted by Gasteiger charge is 2.19. The quantitative estimate of drug-likeness (QED) is 0.590. The van der Waals surface area contributed by atoms with E-state index >= 15 is 0 Å². The van der Waals surface area contributed by atoms with Gasteiger partial charge in [-0.2, -0.15) is 10.4 Å². The predicted octanol–water partition coefficient (Wildman–Crippen LogP) is 3.45. The highest BCUT2D eigenvalue weighted by atomic mass is 16.5. The first-order valence-electron chi connectivity index (χ1n) is 9.34. The molecule has 0 radical (unpaired) electrons. The Bertz CT molecular complexity index is 905. The van der Waals surface area contributed by atoms with Crippen molar-refractivity contribution in [2.24, 2.45) is 0 Å². The second-order valence-corrected chi connectivity index (χ2v) is 6.75. The second kappa shape index (κ2) is 9.09. The minimum Gasteiger partial charge on any atom is -0.493 e. The predicted molar refractivity (Wildman–Crippen MR) is 106 cm³/mol. The summed E-state index contributed by atoms with van der Waals surface area (Å²) < 4.78 is 10.6. The Hall–Kier alpha value is -3.27. The van der Waals surface area contributed by atoms with Crippen LogP contribution in [-0.2, 0) is 4.79 Å². The van der Waals surface area contributed by atoms with Crippen LogP contribution in [0, 0.1) is 11.3 Å². The lowest BCUT2D eigenvalue weighted by Gasteiger charge is -2.22. The van der Waals surface area contributed by atoms with Crippen LogP contribution in [0.5, 0.6) is 11.5 Å². The fraction of sp³-hybridized carbons (Fsp3) is 0.381. The fourth-order valence-electron chi connectivity index (χ4n) is 3.44. The molecular weight excluding hydrogens is 356 g/mol. The number of hydrogen-bond donors (Lipinski definition) is 2.